The number of rotatable bonds is 5. The lowest BCUT2D eigenvalue weighted by molar-refractivity contribution is 0.165. The van der Waals surface area contributed by atoms with Crippen molar-refractivity contribution in [1.82, 2.24) is 20.0 Å². The molecule has 4 rings (SSSR count). The Bertz CT molecular complexity index is 653. The van der Waals surface area contributed by atoms with Gasteiger partial charge in [0.05, 0.1) is 23.4 Å². The van der Waals surface area contributed by atoms with Gasteiger partial charge in [-0.2, -0.15) is 5.10 Å². The molecular formula is C14H18ClN5O2. The second-order valence-electron chi connectivity index (χ2n) is 6.26. The molecule has 2 aromatic rings. The van der Waals surface area contributed by atoms with E-state index in [-0.39, 0.29) is 6.04 Å². The molecule has 2 saturated carbocycles. The fourth-order valence-corrected chi connectivity index (χ4v) is 3.23. The molecule has 3 atom stereocenters. The largest absolute Gasteiger partial charge is 0.408 e. The highest BCUT2D eigenvalue weighted by Gasteiger charge is 2.35. The van der Waals surface area contributed by atoms with Crippen molar-refractivity contribution in [2.75, 3.05) is 5.32 Å². The Morgan fingerprint density at radius 2 is 2.23 bits per heavy atom. The first-order chi connectivity index (χ1) is 10.7. The van der Waals surface area contributed by atoms with Crippen LogP contribution in [-0.4, -0.2) is 37.2 Å². The predicted octanol–water partition coefficient (Wildman–Crippen LogP) is 2.05. The summed E-state index contributed by atoms with van der Waals surface area (Å²) in [7, 11) is 0. The number of nitrogens with one attached hydrogen (secondary N) is 1. The minimum atomic E-state index is -0.424. The van der Waals surface area contributed by atoms with Gasteiger partial charge in [0.25, 0.3) is 0 Å². The van der Waals surface area contributed by atoms with Gasteiger partial charge in [-0.1, -0.05) is 16.7 Å². The molecule has 2 fully saturated rings. The second-order valence-corrected chi connectivity index (χ2v) is 6.69. The topological polar surface area (TPSA) is 89.0 Å². The first kappa shape index (κ1) is 14.0. The van der Waals surface area contributed by atoms with E-state index in [1.807, 2.05) is 4.68 Å². The molecule has 2 aliphatic carbocycles. The van der Waals surface area contributed by atoms with E-state index in [1.54, 1.807) is 12.4 Å². The SMILES string of the molecule is O[C@@H]1CC(Cn2cc(Cl)cn2)C[C@H]1Nc1nnc(C2CC2)o1. The highest BCUT2D eigenvalue weighted by molar-refractivity contribution is 6.30. The van der Waals surface area contributed by atoms with Crippen molar-refractivity contribution < 1.29 is 9.52 Å². The van der Waals surface area contributed by atoms with Gasteiger partial charge in [-0.15, -0.1) is 5.10 Å². The lowest BCUT2D eigenvalue weighted by Gasteiger charge is -2.14. The average Bonchev–Trinajstić information content (AvgIpc) is 2.94. The molecule has 0 bridgehead atoms. The van der Waals surface area contributed by atoms with Crippen LogP contribution in [0, 0.1) is 5.92 Å². The van der Waals surface area contributed by atoms with Gasteiger partial charge in [0.2, 0.25) is 5.89 Å². The summed E-state index contributed by atoms with van der Waals surface area (Å²) in [5.74, 6) is 1.49. The Hall–Kier alpha value is -1.60. The van der Waals surface area contributed by atoms with Crippen LogP contribution < -0.4 is 5.32 Å². The van der Waals surface area contributed by atoms with Gasteiger partial charge >= 0.3 is 6.01 Å². The number of aliphatic hydroxyl groups excluding tert-OH is 1. The van der Waals surface area contributed by atoms with Crippen LogP contribution in [0.2, 0.25) is 5.02 Å². The fourth-order valence-electron chi connectivity index (χ4n) is 3.07. The summed E-state index contributed by atoms with van der Waals surface area (Å²) in [6.45, 7) is 0.749. The molecule has 7 nitrogen and oxygen atoms in total. The highest BCUT2D eigenvalue weighted by atomic mass is 35.5. The maximum Gasteiger partial charge on any atom is 0.315 e. The number of aliphatic hydroxyl groups is 1. The zero-order valence-electron chi connectivity index (χ0n) is 12.0. The molecule has 0 aliphatic heterocycles. The summed E-state index contributed by atoms with van der Waals surface area (Å²) < 4.78 is 7.41. The summed E-state index contributed by atoms with van der Waals surface area (Å²) in [5, 5.41) is 26.3. The van der Waals surface area contributed by atoms with Crippen molar-refractivity contribution in [2.24, 2.45) is 5.92 Å². The highest BCUT2D eigenvalue weighted by Crippen LogP contribution is 2.39. The van der Waals surface area contributed by atoms with E-state index < -0.39 is 6.10 Å². The number of nitrogens with zero attached hydrogens (tertiary/aromatic N) is 4. The molecule has 118 valence electrons. The van der Waals surface area contributed by atoms with Gasteiger partial charge in [-0.05, 0) is 31.6 Å². The van der Waals surface area contributed by atoms with Gasteiger partial charge < -0.3 is 14.8 Å². The molecule has 0 saturated heterocycles. The van der Waals surface area contributed by atoms with Crippen molar-refractivity contribution in [3.8, 4) is 0 Å². The average molecular weight is 324 g/mol. The molecule has 8 heteroatoms. The molecule has 0 amide bonds. The molecule has 2 heterocycles. The first-order valence-corrected chi connectivity index (χ1v) is 8.01. The molecule has 0 aromatic carbocycles. The number of hydrogen-bond acceptors (Lipinski definition) is 6. The van der Waals surface area contributed by atoms with Crippen molar-refractivity contribution >= 4 is 17.6 Å². The van der Waals surface area contributed by atoms with Crippen LogP contribution in [0.5, 0.6) is 0 Å². The zero-order chi connectivity index (χ0) is 15.1. The van der Waals surface area contributed by atoms with Crippen LogP contribution in [0.25, 0.3) is 0 Å². The van der Waals surface area contributed by atoms with E-state index in [0.29, 0.717) is 28.8 Å². The Morgan fingerprint density at radius 1 is 1.36 bits per heavy atom. The molecule has 0 radical (unpaired) electrons. The second kappa shape index (κ2) is 5.55. The van der Waals surface area contributed by atoms with Crippen molar-refractivity contribution in [1.29, 1.82) is 0 Å². The lowest BCUT2D eigenvalue weighted by Crippen LogP contribution is -2.28. The maximum atomic E-state index is 10.2. The van der Waals surface area contributed by atoms with E-state index in [4.69, 9.17) is 16.0 Å². The van der Waals surface area contributed by atoms with E-state index in [0.717, 1.165) is 32.2 Å². The Morgan fingerprint density at radius 3 is 2.95 bits per heavy atom. The summed E-state index contributed by atoms with van der Waals surface area (Å²) >= 11 is 5.87. The third-order valence-corrected chi connectivity index (χ3v) is 4.54. The molecule has 2 aliphatic rings. The standard InChI is InChI=1S/C14H18ClN5O2/c15-10-5-16-20(7-10)6-8-3-11(12(21)4-8)17-14-19-18-13(22-14)9-1-2-9/h5,7-9,11-12,21H,1-4,6H2,(H,17,19)/t8?,11-,12-/m1/s1. The molecule has 2 N–H and O–H groups in total. The number of halogens is 1. The van der Waals surface area contributed by atoms with Crippen LogP contribution in [0.1, 0.15) is 37.5 Å². The third kappa shape index (κ3) is 2.96. The monoisotopic (exact) mass is 323 g/mol. The summed E-state index contributed by atoms with van der Waals surface area (Å²) in [5.41, 5.74) is 0. The summed E-state index contributed by atoms with van der Waals surface area (Å²) in [4.78, 5) is 0. The third-order valence-electron chi connectivity index (χ3n) is 4.35. The normalized spacial score (nSPS) is 28.2. The van der Waals surface area contributed by atoms with Crippen molar-refractivity contribution in [3.05, 3.63) is 23.3 Å². The molecule has 0 spiro atoms. The van der Waals surface area contributed by atoms with Crippen LogP contribution in [0.15, 0.2) is 16.8 Å². The fraction of sp³-hybridized carbons (Fsp3) is 0.643. The Balaban J connectivity index is 1.35. The number of hydrogen-bond donors (Lipinski definition) is 2. The van der Waals surface area contributed by atoms with Gasteiger partial charge in [0.15, 0.2) is 0 Å². The maximum absolute atomic E-state index is 10.2. The molecule has 22 heavy (non-hydrogen) atoms. The zero-order valence-corrected chi connectivity index (χ0v) is 12.8. The summed E-state index contributed by atoms with van der Waals surface area (Å²) in [6, 6.07) is 0.345. The van der Waals surface area contributed by atoms with Crippen LogP contribution in [-0.2, 0) is 6.54 Å². The molecular weight excluding hydrogens is 306 g/mol. The predicted molar refractivity (Wildman–Crippen MR) is 79.7 cm³/mol. The first-order valence-electron chi connectivity index (χ1n) is 7.63. The van der Waals surface area contributed by atoms with Gasteiger partial charge in [-0.3, -0.25) is 4.68 Å². The lowest BCUT2D eigenvalue weighted by atomic mass is 10.1. The smallest absolute Gasteiger partial charge is 0.315 e. The molecule has 2 aromatic heterocycles. The van der Waals surface area contributed by atoms with Crippen LogP contribution in [0.4, 0.5) is 6.01 Å². The minimum absolute atomic E-state index is 0.0662. The number of anilines is 1. The van der Waals surface area contributed by atoms with Crippen LogP contribution in [0.3, 0.4) is 0 Å². The van der Waals surface area contributed by atoms with E-state index >= 15 is 0 Å². The number of aromatic nitrogens is 4. The van der Waals surface area contributed by atoms with E-state index in [1.165, 1.54) is 0 Å². The Kier molecular flexibility index (Phi) is 3.54. The van der Waals surface area contributed by atoms with Gasteiger partial charge in [0.1, 0.15) is 0 Å². The van der Waals surface area contributed by atoms with Crippen molar-refractivity contribution in [2.45, 2.75) is 50.3 Å². The van der Waals surface area contributed by atoms with E-state index in [9.17, 15) is 5.11 Å². The van der Waals surface area contributed by atoms with E-state index in [2.05, 4.69) is 20.6 Å². The van der Waals surface area contributed by atoms with Gasteiger partial charge in [-0.25, -0.2) is 0 Å². The van der Waals surface area contributed by atoms with Crippen LogP contribution >= 0.6 is 11.6 Å². The quantitative estimate of drug-likeness (QED) is 0.875. The Labute approximate surface area is 132 Å². The minimum Gasteiger partial charge on any atom is -0.408 e. The summed E-state index contributed by atoms with van der Waals surface area (Å²) in [6.07, 6.45) is 6.81. The van der Waals surface area contributed by atoms with Gasteiger partial charge in [0, 0.05) is 18.7 Å². The van der Waals surface area contributed by atoms with Crippen molar-refractivity contribution in [3.63, 3.8) is 0 Å². The molecule has 1 unspecified atom stereocenters.